The quantitative estimate of drug-likeness (QED) is 0.933. The molecular weight excluding hydrogens is 304 g/mol. The summed E-state index contributed by atoms with van der Waals surface area (Å²) in [5.74, 6) is 0.800. The first kappa shape index (κ1) is 14.0. The fourth-order valence-electron chi connectivity index (χ4n) is 1.82. The van der Waals surface area contributed by atoms with Crippen molar-refractivity contribution in [1.29, 1.82) is 0 Å². The molecule has 2 N–H and O–H groups in total. The highest BCUT2D eigenvalue weighted by Gasteiger charge is 2.09. The van der Waals surface area contributed by atoms with E-state index in [1.54, 1.807) is 6.20 Å². The Morgan fingerprint density at radius 2 is 2.16 bits per heavy atom. The molecule has 0 radical (unpaired) electrons. The van der Waals surface area contributed by atoms with Crippen LogP contribution in [0.2, 0.25) is 0 Å². The van der Waals surface area contributed by atoms with E-state index in [2.05, 4.69) is 20.9 Å². The summed E-state index contributed by atoms with van der Waals surface area (Å²) >= 11 is 3.45. The summed E-state index contributed by atoms with van der Waals surface area (Å²) < 4.78 is 6.85. The highest BCUT2D eigenvalue weighted by Crippen LogP contribution is 2.28. The monoisotopic (exact) mass is 320 g/mol. The minimum absolute atomic E-state index is 0.0621. The van der Waals surface area contributed by atoms with Gasteiger partial charge < -0.3 is 10.5 Å². The highest BCUT2D eigenvalue weighted by atomic mass is 79.9. The fourth-order valence-corrected chi connectivity index (χ4v) is 2.17. The third kappa shape index (κ3) is 3.55. The van der Waals surface area contributed by atoms with Gasteiger partial charge in [0, 0.05) is 22.3 Å². The standard InChI is InChI=1S/C15H17BrN2O/c1-10-4-3-7-18-14(10)9-19-15-8-12(16)5-6-13(15)11(2)17/h3-8,11H,9,17H2,1-2H3/t11-/m0/s1. The molecule has 0 saturated carbocycles. The second kappa shape index (κ2) is 6.17. The van der Waals surface area contributed by atoms with Gasteiger partial charge in [-0.1, -0.05) is 28.1 Å². The second-order valence-corrected chi connectivity index (χ2v) is 5.44. The predicted octanol–water partition coefficient (Wildman–Crippen LogP) is 3.75. The summed E-state index contributed by atoms with van der Waals surface area (Å²) in [6.45, 7) is 4.42. The molecule has 0 bridgehead atoms. The number of halogens is 1. The lowest BCUT2D eigenvalue weighted by molar-refractivity contribution is 0.295. The molecule has 0 saturated heterocycles. The van der Waals surface area contributed by atoms with Gasteiger partial charge in [-0.25, -0.2) is 0 Å². The van der Waals surface area contributed by atoms with Crippen LogP contribution >= 0.6 is 15.9 Å². The molecule has 1 atom stereocenters. The first-order valence-electron chi connectivity index (χ1n) is 6.16. The predicted molar refractivity (Wildman–Crippen MR) is 80.1 cm³/mol. The van der Waals surface area contributed by atoms with Crippen molar-refractivity contribution < 1.29 is 4.74 Å². The van der Waals surface area contributed by atoms with Crippen molar-refractivity contribution in [3.8, 4) is 5.75 Å². The van der Waals surface area contributed by atoms with E-state index < -0.39 is 0 Å². The van der Waals surface area contributed by atoms with Crippen LogP contribution in [0.3, 0.4) is 0 Å². The van der Waals surface area contributed by atoms with Gasteiger partial charge in [0.2, 0.25) is 0 Å². The summed E-state index contributed by atoms with van der Waals surface area (Å²) in [5.41, 5.74) is 9.02. The Balaban J connectivity index is 2.19. The molecule has 0 aliphatic heterocycles. The molecule has 1 heterocycles. The molecule has 2 aromatic rings. The van der Waals surface area contributed by atoms with Crippen LogP contribution in [0.15, 0.2) is 41.0 Å². The van der Waals surface area contributed by atoms with Crippen molar-refractivity contribution in [2.24, 2.45) is 5.73 Å². The molecule has 0 amide bonds. The number of benzene rings is 1. The number of aryl methyl sites for hydroxylation is 1. The van der Waals surface area contributed by atoms with Gasteiger partial charge in [0.1, 0.15) is 12.4 Å². The molecule has 0 spiro atoms. The molecule has 0 fully saturated rings. The summed E-state index contributed by atoms with van der Waals surface area (Å²) in [6.07, 6.45) is 1.78. The summed E-state index contributed by atoms with van der Waals surface area (Å²) in [6, 6.07) is 9.78. The second-order valence-electron chi connectivity index (χ2n) is 4.53. The molecule has 1 aromatic carbocycles. The van der Waals surface area contributed by atoms with E-state index in [1.807, 2.05) is 44.2 Å². The summed E-state index contributed by atoms with van der Waals surface area (Å²) in [5, 5.41) is 0. The Hall–Kier alpha value is -1.39. The number of aromatic nitrogens is 1. The lowest BCUT2D eigenvalue weighted by Crippen LogP contribution is -2.09. The normalized spacial score (nSPS) is 12.2. The van der Waals surface area contributed by atoms with Crippen LogP contribution in [0, 0.1) is 6.92 Å². The van der Waals surface area contributed by atoms with Gasteiger partial charge in [-0.05, 0) is 37.6 Å². The Kier molecular flexibility index (Phi) is 4.56. The first-order chi connectivity index (χ1) is 9.08. The molecule has 0 aliphatic carbocycles. The Morgan fingerprint density at radius 1 is 1.37 bits per heavy atom. The zero-order valence-corrected chi connectivity index (χ0v) is 12.6. The minimum Gasteiger partial charge on any atom is -0.487 e. The molecule has 1 aromatic heterocycles. The van der Waals surface area contributed by atoms with Gasteiger partial charge in [-0.15, -0.1) is 0 Å². The van der Waals surface area contributed by atoms with Crippen molar-refractivity contribution in [3.05, 3.63) is 57.8 Å². The van der Waals surface area contributed by atoms with Crippen LogP contribution in [0.25, 0.3) is 0 Å². The van der Waals surface area contributed by atoms with Gasteiger partial charge in [0.25, 0.3) is 0 Å². The van der Waals surface area contributed by atoms with Crippen molar-refractivity contribution in [1.82, 2.24) is 4.98 Å². The molecule has 3 nitrogen and oxygen atoms in total. The van der Waals surface area contributed by atoms with E-state index in [-0.39, 0.29) is 6.04 Å². The molecule has 4 heteroatoms. The maximum atomic E-state index is 5.95. The number of hydrogen-bond donors (Lipinski definition) is 1. The number of hydrogen-bond acceptors (Lipinski definition) is 3. The largest absolute Gasteiger partial charge is 0.487 e. The van der Waals surface area contributed by atoms with E-state index in [1.165, 1.54) is 0 Å². The maximum absolute atomic E-state index is 5.95. The van der Waals surface area contributed by atoms with Gasteiger partial charge in [-0.2, -0.15) is 0 Å². The zero-order valence-electron chi connectivity index (χ0n) is 11.1. The Morgan fingerprint density at radius 3 is 2.84 bits per heavy atom. The molecule has 0 aliphatic rings. The van der Waals surface area contributed by atoms with Crippen LogP contribution in [0.4, 0.5) is 0 Å². The van der Waals surface area contributed by atoms with Crippen molar-refractivity contribution in [2.75, 3.05) is 0 Å². The van der Waals surface area contributed by atoms with E-state index in [4.69, 9.17) is 10.5 Å². The van der Waals surface area contributed by atoms with Crippen molar-refractivity contribution in [3.63, 3.8) is 0 Å². The SMILES string of the molecule is Cc1cccnc1COc1cc(Br)ccc1[C@H](C)N. The number of nitrogens with two attached hydrogens (primary N) is 1. The van der Waals surface area contributed by atoms with Gasteiger partial charge in [-0.3, -0.25) is 4.98 Å². The molecule has 100 valence electrons. The van der Waals surface area contributed by atoms with Crippen LogP contribution in [-0.2, 0) is 6.61 Å². The zero-order chi connectivity index (χ0) is 13.8. The van der Waals surface area contributed by atoms with Crippen LogP contribution in [0.5, 0.6) is 5.75 Å². The van der Waals surface area contributed by atoms with Crippen molar-refractivity contribution in [2.45, 2.75) is 26.5 Å². The molecule has 0 unspecified atom stereocenters. The molecule has 2 rings (SSSR count). The van der Waals surface area contributed by atoms with Crippen LogP contribution < -0.4 is 10.5 Å². The van der Waals surface area contributed by atoms with E-state index in [0.717, 1.165) is 27.0 Å². The lowest BCUT2D eigenvalue weighted by Gasteiger charge is -2.14. The molecular formula is C15H17BrN2O. The Labute approximate surface area is 121 Å². The first-order valence-corrected chi connectivity index (χ1v) is 6.95. The number of pyridine rings is 1. The van der Waals surface area contributed by atoms with Crippen LogP contribution in [0.1, 0.15) is 29.8 Å². The third-order valence-corrected chi connectivity index (χ3v) is 3.44. The van der Waals surface area contributed by atoms with Crippen molar-refractivity contribution >= 4 is 15.9 Å². The Bertz CT molecular complexity index is 570. The van der Waals surface area contributed by atoms with E-state index in [9.17, 15) is 0 Å². The highest BCUT2D eigenvalue weighted by molar-refractivity contribution is 9.10. The van der Waals surface area contributed by atoms with E-state index >= 15 is 0 Å². The van der Waals surface area contributed by atoms with Gasteiger partial charge in [0.05, 0.1) is 5.69 Å². The van der Waals surface area contributed by atoms with Crippen LogP contribution in [-0.4, -0.2) is 4.98 Å². The average Bonchev–Trinajstić information content (AvgIpc) is 2.37. The molecule has 19 heavy (non-hydrogen) atoms. The smallest absolute Gasteiger partial charge is 0.130 e. The number of nitrogens with zero attached hydrogens (tertiary/aromatic N) is 1. The van der Waals surface area contributed by atoms with Gasteiger partial charge in [0.15, 0.2) is 0 Å². The number of ether oxygens (including phenoxy) is 1. The topological polar surface area (TPSA) is 48.1 Å². The third-order valence-electron chi connectivity index (χ3n) is 2.95. The number of rotatable bonds is 4. The van der Waals surface area contributed by atoms with Gasteiger partial charge >= 0.3 is 0 Å². The minimum atomic E-state index is -0.0621. The maximum Gasteiger partial charge on any atom is 0.130 e. The van der Waals surface area contributed by atoms with E-state index in [0.29, 0.717) is 6.61 Å². The fraction of sp³-hybridized carbons (Fsp3) is 0.267. The summed E-state index contributed by atoms with van der Waals surface area (Å²) in [4.78, 5) is 4.32. The summed E-state index contributed by atoms with van der Waals surface area (Å²) in [7, 11) is 0. The average molecular weight is 321 g/mol. The lowest BCUT2D eigenvalue weighted by atomic mass is 10.1.